The van der Waals surface area contributed by atoms with E-state index in [2.05, 4.69) is 49.9 Å². The van der Waals surface area contributed by atoms with Crippen molar-refractivity contribution >= 4 is 5.57 Å². The highest BCUT2D eigenvalue weighted by atomic mass is 14.2. The van der Waals surface area contributed by atoms with Crippen LogP contribution in [0.25, 0.3) is 5.57 Å². The fraction of sp³-hybridized carbons (Fsp3) is 0.250. The zero-order valence-corrected chi connectivity index (χ0v) is 10.5. The first-order valence-corrected chi connectivity index (χ1v) is 5.93. The van der Waals surface area contributed by atoms with Crippen LogP contribution in [0.2, 0.25) is 0 Å². The molecule has 84 valence electrons. The average molecular weight is 212 g/mol. The molecule has 2 rings (SSSR count). The molecule has 0 heterocycles. The van der Waals surface area contributed by atoms with Crippen molar-refractivity contribution in [2.75, 3.05) is 0 Å². The quantitative estimate of drug-likeness (QED) is 0.661. The Morgan fingerprint density at radius 1 is 1.19 bits per heavy atom. The second-order valence-corrected chi connectivity index (χ2v) is 3.48. The van der Waals surface area contributed by atoms with E-state index in [9.17, 15) is 0 Å². The molecular formula is C16H20. The normalized spacial score (nSPS) is 13.4. The summed E-state index contributed by atoms with van der Waals surface area (Å²) in [6.07, 6.45) is 7.25. The van der Waals surface area contributed by atoms with Crippen LogP contribution in [0.4, 0.5) is 0 Å². The molecule has 1 aromatic rings. The molecule has 0 bridgehead atoms. The van der Waals surface area contributed by atoms with Crippen LogP contribution < -0.4 is 0 Å². The highest BCUT2D eigenvalue weighted by Crippen LogP contribution is 2.33. The van der Waals surface area contributed by atoms with Crippen LogP contribution in [0.5, 0.6) is 0 Å². The SMILES string of the molecule is C=CC1=C(/C=C\C)c2ccccc2C1.CC. The minimum atomic E-state index is 1.03. The summed E-state index contributed by atoms with van der Waals surface area (Å²) in [5, 5.41) is 0. The maximum atomic E-state index is 3.87. The van der Waals surface area contributed by atoms with Crippen molar-refractivity contribution in [3.05, 3.63) is 65.8 Å². The minimum absolute atomic E-state index is 1.03. The highest BCUT2D eigenvalue weighted by Gasteiger charge is 2.16. The average Bonchev–Trinajstić information content (AvgIpc) is 2.71. The van der Waals surface area contributed by atoms with E-state index in [0.717, 1.165) is 6.42 Å². The lowest BCUT2D eigenvalue weighted by Crippen LogP contribution is -1.80. The van der Waals surface area contributed by atoms with Crippen molar-refractivity contribution in [1.82, 2.24) is 0 Å². The minimum Gasteiger partial charge on any atom is -0.0988 e. The van der Waals surface area contributed by atoms with Gasteiger partial charge < -0.3 is 0 Å². The summed E-state index contributed by atoms with van der Waals surface area (Å²) in [7, 11) is 0. The lowest BCUT2D eigenvalue weighted by Gasteiger charge is -1.99. The van der Waals surface area contributed by atoms with Crippen molar-refractivity contribution < 1.29 is 0 Å². The Bertz CT molecular complexity index is 419. The molecule has 1 aromatic carbocycles. The van der Waals surface area contributed by atoms with Crippen molar-refractivity contribution in [2.24, 2.45) is 0 Å². The van der Waals surface area contributed by atoms with Gasteiger partial charge in [0.05, 0.1) is 0 Å². The summed E-state index contributed by atoms with van der Waals surface area (Å²) in [6.45, 7) is 9.92. The number of fused-ring (bicyclic) bond motifs is 1. The molecule has 0 saturated carbocycles. The summed E-state index contributed by atoms with van der Waals surface area (Å²) in [5.41, 5.74) is 5.44. The smallest absolute Gasteiger partial charge is 0.00137 e. The lowest BCUT2D eigenvalue weighted by molar-refractivity contribution is 1.25. The number of benzene rings is 1. The summed E-state index contributed by atoms with van der Waals surface area (Å²) in [5.74, 6) is 0. The van der Waals surface area contributed by atoms with Crippen LogP contribution >= 0.6 is 0 Å². The zero-order chi connectivity index (χ0) is 12.0. The van der Waals surface area contributed by atoms with E-state index in [-0.39, 0.29) is 0 Å². The molecule has 0 aliphatic heterocycles. The Morgan fingerprint density at radius 2 is 1.88 bits per heavy atom. The first-order valence-electron chi connectivity index (χ1n) is 5.93. The van der Waals surface area contributed by atoms with Gasteiger partial charge >= 0.3 is 0 Å². The van der Waals surface area contributed by atoms with Crippen LogP contribution in [-0.2, 0) is 6.42 Å². The largest absolute Gasteiger partial charge is 0.0988 e. The van der Waals surface area contributed by atoms with Crippen LogP contribution in [0.15, 0.2) is 54.6 Å². The fourth-order valence-corrected chi connectivity index (χ4v) is 1.96. The van der Waals surface area contributed by atoms with Gasteiger partial charge in [-0.3, -0.25) is 0 Å². The molecule has 1 aliphatic rings. The highest BCUT2D eigenvalue weighted by molar-refractivity contribution is 5.84. The second kappa shape index (κ2) is 6.12. The molecule has 0 aromatic heterocycles. The molecule has 0 atom stereocenters. The fourth-order valence-electron chi connectivity index (χ4n) is 1.96. The molecule has 0 saturated heterocycles. The number of hydrogen-bond acceptors (Lipinski definition) is 0. The molecule has 0 unspecified atom stereocenters. The lowest BCUT2D eigenvalue weighted by atomic mass is 10.1. The Kier molecular flexibility index (Phi) is 4.78. The van der Waals surface area contributed by atoms with Gasteiger partial charge in [0, 0.05) is 0 Å². The van der Waals surface area contributed by atoms with E-state index < -0.39 is 0 Å². The van der Waals surface area contributed by atoms with E-state index in [4.69, 9.17) is 0 Å². The molecule has 0 N–H and O–H groups in total. The standard InChI is InChI=1S/C14H14.C2H6/c1-3-7-13-11(4-2)10-12-8-5-6-9-14(12)13;1-2/h3-9H,2,10H2,1H3;1-2H3/b7-3-;. The monoisotopic (exact) mass is 212 g/mol. The van der Waals surface area contributed by atoms with Gasteiger partial charge in [0.15, 0.2) is 0 Å². The van der Waals surface area contributed by atoms with Gasteiger partial charge in [0.1, 0.15) is 0 Å². The molecular weight excluding hydrogens is 192 g/mol. The third-order valence-corrected chi connectivity index (χ3v) is 2.61. The van der Waals surface area contributed by atoms with Crippen LogP contribution in [-0.4, -0.2) is 0 Å². The first-order chi connectivity index (χ1) is 7.86. The maximum Gasteiger partial charge on any atom is -0.00137 e. The molecule has 0 spiro atoms. The number of hydrogen-bond donors (Lipinski definition) is 0. The van der Waals surface area contributed by atoms with Gasteiger partial charge in [-0.2, -0.15) is 0 Å². The predicted molar refractivity (Wildman–Crippen MR) is 73.4 cm³/mol. The topological polar surface area (TPSA) is 0 Å². The molecule has 0 amide bonds. The van der Waals surface area contributed by atoms with Gasteiger partial charge in [-0.15, -0.1) is 0 Å². The molecule has 0 nitrogen and oxygen atoms in total. The number of allylic oxidation sites excluding steroid dienone is 5. The Balaban J connectivity index is 0.000000606. The third kappa shape index (κ3) is 2.33. The first kappa shape index (κ1) is 12.5. The van der Waals surface area contributed by atoms with Crippen molar-refractivity contribution in [3.63, 3.8) is 0 Å². The third-order valence-electron chi connectivity index (χ3n) is 2.61. The Hall–Kier alpha value is -1.56. The summed E-state index contributed by atoms with van der Waals surface area (Å²) in [4.78, 5) is 0. The van der Waals surface area contributed by atoms with Crippen molar-refractivity contribution in [1.29, 1.82) is 0 Å². The van der Waals surface area contributed by atoms with Crippen LogP contribution in [0, 0.1) is 0 Å². The number of rotatable bonds is 2. The van der Waals surface area contributed by atoms with Crippen molar-refractivity contribution in [3.8, 4) is 0 Å². The molecule has 16 heavy (non-hydrogen) atoms. The van der Waals surface area contributed by atoms with Gasteiger partial charge in [-0.05, 0) is 35.6 Å². The summed E-state index contributed by atoms with van der Waals surface area (Å²) >= 11 is 0. The van der Waals surface area contributed by atoms with E-state index in [1.54, 1.807) is 0 Å². The van der Waals surface area contributed by atoms with Crippen LogP contribution in [0.1, 0.15) is 31.9 Å². The van der Waals surface area contributed by atoms with E-state index in [0.29, 0.717) is 0 Å². The van der Waals surface area contributed by atoms with E-state index in [1.165, 1.54) is 22.3 Å². The molecule has 0 fully saturated rings. The summed E-state index contributed by atoms with van der Waals surface area (Å²) in [6, 6.07) is 8.56. The van der Waals surface area contributed by atoms with Gasteiger partial charge in [-0.1, -0.05) is 62.9 Å². The Labute approximate surface area is 99.0 Å². The molecule has 0 heteroatoms. The van der Waals surface area contributed by atoms with E-state index in [1.807, 2.05) is 19.9 Å². The molecule has 0 radical (unpaired) electrons. The van der Waals surface area contributed by atoms with Crippen LogP contribution in [0.3, 0.4) is 0 Å². The zero-order valence-electron chi connectivity index (χ0n) is 10.5. The van der Waals surface area contributed by atoms with Crippen molar-refractivity contribution in [2.45, 2.75) is 27.2 Å². The Morgan fingerprint density at radius 3 is 2.50 bits per heavy atom. The van der Waals surface area contributed by atoms with Gasteiger partial charge in [0.25, 0.3) is 0 Å². The maximum absolute atomic E-state index is 3.87. The summed E-state index contributed by atoms with van der Waals surface area (Å²) < 4.78 is 0. The second-order valence-electron chi connectivity index (χ2n) is 3.48. The predicted octanol–water partition coefficient (Wildman–Crippen LogP) is 4.78. The van der Waals surface area contributed by atoms with E-state index >= 15 is 0 Å². The van der Waals surface area contributed by atoms with Gasteiger partial charge in [0.2, 0.25) is 0 Å². The molecule has 1 aliphatic carbocycles. The van der Waals surface area contributed by atoms with Gasteiger partial charge in [-0.25, -0.2) is 0 Å².